The first-order valence-electron chi connectivity index (χ1n) is 41.2. The zero-order chi connectivity index (χ0) is 83.4. The monoisotopic (exact) mass is 1640 g/mol. The van der Waals surface area contributed by atoms with Gasteiger partial charge in [-0.25, -0.2) is 24.4 Å². The van der Waals surface area contributed by atoms with Crippen molar-refractivity contribution in [2.24, 2.45) is 9.98 Å². The number of benzene rings is 8. The summed E-state index contributed by atoms with van der Waals surface area (Å²) in [7, 11) is 2.50. The summed E-state index contributed by atoms with van der Waals surface area (Å²) in [5.41, 5.74) is 12.6. The zero-order valence-corrected chi connectivity index (χ0v) is 67.3. The number of aromatic nitrogens is 4. The summed E-state index contributed by atoms with van der Waals surface area (Å²) in [6.45, 7) is 7.94. The van der Waals surface area contributed by atoms with Gasteiger partial charge in [-0.15, -0.1) is 0 Å². The van der Waals surface area contributed by atoms with Gasteiger partial charge in [-0.05, 0) is 162 Å². The highest BCUT2D eigenvalue weighted by Crippen LogP contribution is 2.56. The predicted molar refractivity (Wildman–Crippen MR) is 442 cm³/mol. The van der Waals surface area contributed by atoms with Crippen molar-refractivity contribution in [1.82, 2.24) is 45.3 Å². The van der Waals surface area contributed by atoms with Gasteiger partial charge in [0.2, 0.25) is 0 Å². The largest absolute Gasteiger partial charge is 0.453 e. The molecule has 121 heavy (non-hydrogen) atoms. The second-order valence-electron chi connectivity index (χ2n) is 33.7. The Bertz CT molecular complexity index is 5850. The highest BCUT2D eigenvalue weighted by molar-refractivity contribution is 6.03. The Morgan fingerprint density at radius 1 is 0.479 bits per heavy atom. The van der Waals surface area contributed by atoms with E-state index in [2.05, 4.69) is 30.6 Å². The molecule has 1 saturated carbocycles. The molecule has 0 radical (unpaired) electrons. The summed E-state index contributed by atoms with van der Waals surface area (Å²) in [5.74, 6) is -7.21. The summed E-state index contributed by atoms with van der Waals surface area (Å²) >= 11 is 0. The average molecular weight is 1640 g/mol. The van der Waals surface area contributed by atoms with Crippen molar-refractivity contribution >= 4 is 52.9 Å². The van der Waals surface area contributed by atoms with E-state index in [1.807, 2.05) is 93.6 Å². The van der Waals surface area contributed by atoms with Gasteiger partial charge in [0, 0.05) is 83.0 Å². The van der Waals surface area contributed by atoms with Gasteiger partial charge in [0.05, 0.1) is 107 Å². The molecule has 27 heteroatoms. The predicted octanol–water partition coefficient (Wildman–Crippen LogP) is 17.6. The fourth-order valence-electron chi connectivity index (χ4n) is 19.2. The minimum Gasteiger partial charge on any atom is -0.453 e. The van der Waals surface area contributed by atoms with Gasteiger partial charge in [-0.1, -0.05) is 134 Å². The maximum atomic E-state index is 16.6. The minimum absolute atomic E-state index is 0.00360. The Balaban J connectivity index is 0.000000161. The number of carbonyl (C=O) groups excluding carboxylic acids is 5. The molecule has 23 nitrogen and oxygen atoms in total. The van der Waals surface area contributed by atoms with Gasteiger partial charge in [0.15, 0.2) is 11.6 Å². The van der Waals surface area contributed by atoms with E-state index >= 15 is 17.6 Å². The van der Waals surface area contributed by atoms with Gasteiger partial charge in [-0.3, -0.25) is 24.5 Å². The number of nitrogens with zero attached hydrogens (tertiary/aromatic N) is 7. The fraction of sp³-hybridized carbons (Fsp3) is 0.351. The Kier molecular flexibility index (Phi) is 20.0. The number of likely N-dealkylation sites (tertiary alicyclic amines) is 3. The first-order valence-corrected chi connectivity index (χ1v) is 41.2. The number of amides is 5. The normalized spacial score (nSPS) is 20.7. The number of rotatable bonds is 14. The summed E-state index contributed by atoms with van der Waals surface area (Å²) in [6, 6.07) is 47.1. The van der Waals surface area contributed by atoms with Crippen LogP contribution in [0.1, 0.15) is 152 Å². The molecule has 10 aromatic rings. The minimum atomic E-state index is -3.27. The van der Waals surface area contributed by atoms with Crippen LogP contribution >= 0.6 is 0 Å². The standard InChI is InChI=1S/C49H48F2N6O7.C45H41F2N5O5/c1-47(2,3)64-46(60)56-18-8-11-40(56)43-52-26-39(54-43)31-13-16-34-33-15-12-30(22-35(33)49(50,51)36(34)23-31)29-14-17-37-32(21-29)24-38(53-37)41-25-48(62-19-20-63-48)27-57(41)44(58)42(55-45(59)61-4)28-9-6-5-7-10-28;1-55-43(54)51-40(26-7-3-2-4-8-26)42(53)52-25-44(56-17-18-57-44)23-39(52)37-22-31-19-28(13-16-36(31)49-37)29-11-14-32-33-15-12-30(21-35(33)45(46,47)34(32)20-29)38-24-48-41(50-38)27-9-5-6-10-27/h5-7,9-10,12-17,21-23,26,40-42H,8,11,18-20,24-25,27H2,1-4H3,(H,52,54)(H,55,59);2-4,7-8,11-16,19-21,24,27,39-40H,5-6,9-10,17-18,22-23,25H2,1H3,(H,48,50)(H,51,54)/t40-,41-,42+;39-,40+/m00/s1. The third-order valence-electron chi connectivity index (χ3n) is 25.1. The van der Waals surface area contributed by atoms with Gasteiger partial charge in [0.25, 0.3) is 23.7 Å². The van der Waals surface area contributed by atoms with Crippen LogP contribution in [0.25, 0.3) is 67.0 Å². The van der Waals surface area contributed by atoms with Crippen LogP contribution < -0.4 is 10.6 Å². The van der Waals surface area contributed by atoms with Crippen molar-refractivity contribution < 1.29 is 74.7 Å². The Labute approximate surface area is 695 Å². The molecule has 0 unspecified atom stereocenters. The molecule has 2 aromatic heterocycles. The molecule has 20 rings (SSSR count). The van der Waals surface area contributed by atoms with Crippen molar-refractivity contribution in [3.63, 3.8) is 0 Å². The molecule has 5 atom stereocenters. The third kappa shape index (κ3) is 14.6. The number of carbonyl (C=O) groups is 5. The van der Waals surface area contributed by atoms with Crippen LogP contribution in [0.5, 0.6) is 0 Å². The van der Waals surface area contributed by atoms with E-state index in [1.165, 1.54) is 33.1 Å². The molecule has 0 bridgehead atoms. The van der Waals surface area contributed by atoms with Gasteiger partial charge < -0.3 is 63.6 Å². The maximum absolute atomic E-state index is 16.6. The summed E-state index contributed by atoms with van der Waals surface area (Å²) in [6.07, 6.45) is 9.20. The van der Waals surface area contributed by atoms with E-state index in [0.29, 0.717) is 138 Å². The molecule has 8 aromatic carbocycles. The van der Waals surface area contributed by atoms with E-state index in [9.17, 15) is 24.0 Å². The molecule has 6 fully saturated rings. The van der Waals surface area contributed by atoms with E-state index < -0.39 is 71.5 Å². The topological polar surface area (TPSA) is 266 Å². The lowest BCUT2D eigenvalue weighted by Crippen LogP contribution is -2.48. The molecule has 3 aliphatic carbocycles. The van der Waals surface area contributed by atoms with Crippen molar-refractivity contribution in [1.29, 1.82) is 0 Å². The maximum Gasteiger partial charge on any atom is 0.410 e. The number of methoxy groups -OCH3 is 2. The van der Waals surface area contributed by atoms with E-state index in [-0.39, 0.29) is 53.2 Å². The lowest BCUT2D eigenvalue weighted by molar-refractivity contribution is -0.153. The van der Waals surface area contributed by atoms with Gasteiger partial charge in [0.1, 0.15) is 29.3 Å². The molecule has 5 amide bonds. The highest BCUT2D eigenvalue weighted by Gasteiger charge is 2.56. The SMILES string of the molecule is COC(=O)N[C@@H](C(=O)N1CC2(C[C@H]1C1=Nc3ccc(-c4ccc5c(c4)C(F)(F)c4cc(-c6cnc(C7CCCC7)[nH]6)ccc4-5)cc3C1)OCCO2)c1ccccc1.COC(=O)N[C@@H](C(=O)N1CC2(C[C@H]1C1=Nc3ccc(-c4ccc5c(c4)C(F)(F)c4cc(-c6cnc([C@@H]7CCCN7C(=O)OC(C)(C)C)[nH]6)ccc4-5)cc3C1)OCCO2)c1ccccc1. The molecule has 620 valence electrons. The average Bonchev–Trinajstić information content (AvgIpc) is 1.57. The van der Waals surface area contributed by atoms with Crippen LogP contribution in [-0.4, -0.2) is 166 Å². The lowest BCUT2D eigenvalue weighted by atomic mass is 9.95. The number of fused-ring (bicyclic) bond motifs is 8. The quantitative estimate of drug-likeness (QED) is 0.0583. The van der Waals surface area contributed by atoms with Crippen molar-refractivity contribution in [3.05, 3.63) is 238 Å². The second-order valence-corrected chi connectivity index (χ2v) is 33.7. The Morgan fingerprint density at radius 3 is 1.31 bits per heavy atom. The lowest BCUT2D eigenvalue weighted by Gasteiger charge is -2.29. The fourth-order valence-corrected chi connectivity index (χ4v) is 19.2. The zero-order valence-electron chi connectivity index (χ0n) is 67.3. The van der Waals surface area contributed by atoms with E-state index in [0.717, 1.165) is 75.8 Å². The number of imidazole rings is 2. The molecule has 5 saturated heterocycles. The van der Waals surface area contributed by atoms with Crippen LogP contribution in [0.15, 0.2) is 192 Å². The van der Waals surface area contributed by atoms with Gasteiger partial charge >= 0.3 is 18.3 Å². The number of aliphatic imine (C=N–C) groups is 2. The number of alkyl carbamates (subject to hydrolysis) is 2. The third-order valence-corrected chi connectivity index (χ3v) is 25.1. The van der Waals surface area contributed by atoms with Crippen LogP contribution in [0, 0.1) is 0 Å². The van der Waals surface area contributed by atoms with Gasteiger partial charge in [-0.2, -0.15) is 17.6 Å². The van der Waals surface area contributed by atoms with Crippen LogP contribution in [0.4, 0.5) is 43.3 Å². The van der Waals surface area contributed by atoms with Crippen LogP contribution in [-0.2, 0) is 67.4 Å². The highest BCUT2D eigenvalue weighted by atomic mass is 19.3. The Hall–Kier alpha value is -12.2. The number of hydrogen-bond acceptors (Lipinski definition) is 16. The van der Waals surface area contributed by atoms with Crippen LogP contribution in [0.3, 0.4) is 0 Å². The summed E-state index contributed by atoms with van der Waals surface area (Å²) < 4.78 is 106. The number of nitrogens with one attached hydrogen (secondary N) is 4. The number of hydrogen-bond donors (Lipinski definition) is 4. The smallest absolute Gasteiger partial charge is 0.410 e. The number of aromatic amines is 2. The summed E-state index contributed by atoms with van der Waals surface area (Å²) in [5, 5.41) is 5.42. The molecule has 7 aliphatic heterocycles. The van der Waals surface area contributed by atoms with Crippen LogP contribution in [0.2, 0.25) is 0 Å². The number of halogens is 4. The van der Waals surface area contributed by atoms with E-state index in [1.54, 1.807) is 118 Å². The number of ether oxygens (including phenoxy) is 7. The van der Waals surface area contributed by atoms with Crippen molar-refractivity contribution in [2.75, 3.05) is 60.3 Å². The molecular weight excluding hydrogens is 1550 g/mol. The summed E-state index contributed by atoms with van der Waals surface area (Å²) in [4.78, 5) is 97.7. The van der Waals surface area contributed by atoms with Crippen molar-refractivity contribution in [2.45, 2.75) is 150 Å². The Morgan fingerprint density at radius 2 is 0.876 bits per heavy atom. The number of alkyl halides is 4. The molecule has 9 heterocycles. The second kappa shape index (κ2) is 30.8. The van der Waals surface area contributed by atoms with Crippen molar-refractivity contribution in [3.8, 4) is 67.0 Å². The molecule has 10 aliphatic rings. The molecule has 4 N–H and O–H groups in total. The molecular formula is C94H89F4N11O12. The molecule has 2 spiro atoms. The first kappa shape index (κ1) is 78.7. The first-order chi connectivity index (χ1) is 58.4. The number of H-pyrrole nitrogens is 2. The van der Waals surface area contributed by atoms with E-state index in [4.69, 9.17) is 43.1 Å².